The second-order valence-electron chi connectivity index (χ2n) is 6.18. The summed E-state index contributed by atoms with van der Waals surface area (Å²) in [4.78, 5) is 14.4. The molecule has 2 heterocycles. The average molecular weight is 312 g/mol. The van der Waals surface area contributed by atoms with E-state index in [9.17, 15) is 4.79 Å². The lowest BCUT2D eigenvalue weighted by Crippen LogP contribution is -2.30. The third kappa shape index (κ3) is 3.48. The van der Waals surface area contributed by atoms with Crippen molar-refractivity contribution < 1.29 is 9.21 Å². The molecule has 1 aromatic carbocycles. The lowest BCUT2D eigenvalue weighted by molar-refractivity contribution is 0.0756. The Bertz CT molecular complexity index is 660. The summed E-state index contributed by atoms with van der Waals surface area (Å²) in [6.45, 7) is 4.71. The van der Waals surface area contributed by atoms with Gasteiger partial charge in [0.2, 0.25) is 0 Å². The highest BCUT2D eigenvalue weighted by Crippen LogP contribution is 2.25. The Morgan fingerprint density at radius 1 is 1.26 bits per heavy atom. The van der Waals surface area contributed by atoms with Gasteiger partial charge >= 0.3 is 0 Å². The maximum absolute atomic E-state index is 12.6. The molecule has 4 heteroatoms. The summed E-state index contributed by atoms with van der Waals surface area (Å²) in [6, 6.07) is 12.0. The molecule has 122 valence electrons. The predicted molar refractivity (Wildman–Crippen MR) is 91.5 cm³/mol. The summed E-state index contributed by atoms with van der Waals surface area (Å²) < 4.78 is 5.81. The van der Waals surface area contributed by atoms with E-state index in [1.54, 1.807) is 6.07 Å². The van der Waals surface area contributed by atoms with Gasteiger partial charge in [-0.1, -0.05) is 31.2 Å². The van der Waals surface area contributed by atoms with Crippen LogP contribution in [0, 0.1) is 5.92 Å². The zero-order chi connectivity index (χ0) is 16.2. The summed E-state index contributed by atoms with van der Waals surface area (Å²) in [7, 11) is 1.95. The number of furan rings is 1. The maximum Gasteiger partial charge on any atom is 0.289 e. The quantitative estimate of drug-likeness (QED) is 0.922. The summed E-state index contributed by atoms with van der Waals surface area (Å²) in [5.74, 6) is 1.73. The molecule has 1 saturated heterocycles. The van der Waals surface area contributed by atoms with Crippen LogP contribution in [0.4, 0.5) is 0 Å². The minimum absolute atomic E-state index is 0.0000291. The highest BCUT2D eigenvalue weighted by atomic mass is 16.4. The van der Waals surface area contributed by atoms with Crippen molar-refractivity contribution in [1.29, 1.82) is 0 Å². The molecule has 3 rings (SSSR count). The van der Waals surface area contributed by atoms with Crippen LogP contribution in [0.3, 0.4) is 0 Å². The van der Waals surface area contributed by atoms with Gasteiger partial charge in [0.15, 0.2) is 5.76 Å². The minimum atomic E-state index is 0.0000291. The van der Waals surface area contributed by atoms with Crippen molar-refractivity contribution in [3.63, 3.8) is 0 Å². The molecule has 0 radical (unpaired) electrons. The lowest BCUT2D eigenvalue weighted by Gasteiger charge is -2.14. The monoisotopic (exact) mass is 312 g/mol. The minimum Gasteiger partial charge on any atom is -0.451 e. The van der Waals surface area contributed by atoms with Crippen molar-refractivity contribution in [2.45, 2.75) is 19.8 Å². The van der Waals surface area contributed by atoms with E-state index in [0.29, 0.717) is 11.7 Å². The van der Waals surface area contributed by atoms with Crippen molar-refractivity contribution in [2.24, 2.45) is 5.92 Å². The normalized spacial score (nSPS) is 17.7. The molecule has 1 aromatic heterocycles. The van der Waals surface area contributed by atoms with Crippen LogP contribution in [0.15, 0.2) is 40.8 Å². The number of benzene rings is 1. The van der Waals surface area contributed by atoms with E-state index < -0.39 is 0 Å². The number of rotatable bonds is 5. The van der Waals surface area contributed by atoms with Crippen LogP contribution in [0.2, 0.25) is 0 Å². The van der Waals surface area contributed by atoms with E-state index in [1.165, 1.54) is 5.56 Å². The van der Waals surface area contributed by atoms with Gasteiger partial charge in [-0.05, 0) is 50.0 Å². The van der Waals surface area contributed by atoms with E-state index in [1.807, 2.05) is 30.1 Å². The number of nitrogens with zero attached hydrogens (tertiary/aromatic N) is 1. The molecule has 1 aliphatic rings. The molecule has 2 aromatic rings. The Morgan fingerprint density at radius 3 is 2.74 bits per heavy atom. The molecule has 0 bridgehead atoms. The molecule has 0 aliphatic carbocycles. The smallest absolute Gasteiger partial charge is 0.289 e. The Hall–Kier alpha value is -2.07. The predicted octanol–water partition coefficient (Wildman–Crippen LogP) is 3.19. The first kappa shape index (κ1) is 15.8. The first-order valence-corrected chi connectivity index (χ1v) is 8.34. The van der Waals surface area contributed by atoms with Gasteiger partial charge in [-0.15, -0.1) is 0 Å². The number of likely N-dealkylation sites (tertiary alicyclic amines) is 1. The van der Waals surface area contributed by atoms with Crippen LogP contribution in [0.1, 0.15) is 29.5 Å². The molecule has 1 atom stereocenters. The fourth-order valence-electron chi connectivity index (χ4n) is 3.14. The average Bonchev–Trinajstić information content (AvgIpc) is 3.24. The van der Waals surface area contributed by atoms with Gasteiger partial charge in [0.25, 0.3) is 5.91 Å². The van der Waals surface area contributed by atoms with Crippen molar-refractivity contribution in [1.82, 2.24) is 10.2 Å². The fraction of sp³-hybridized carbons (Fsp3) is 0.421. The largest absolute Gasteiger partial charge is 0.451 e. The lowest BCUT2D eigenvalue weighted by atomic mass is 10.1. The molecule has 1 unspecified atom stereocenters. The molecule has 0 spiro atoms. The van der Waals surface area contributed by atoms with Crippen LogP contribution < -0.4 is 5.32 Å². The number of nitrogens with one attached hydrogen (secondary N) is 1. The molecule has 1 N–H and O–H groups in total. The Kier molecular flexibility index (Phi) is 4.82. The standard InChI is InChI=1S/C19H24N2O2/c1-3-14-4-6-16(7-5-14)17-8-9-18(23-17)19(22)21-11-10-15(13-21)12-20-2/h4-9,15,20H,3,10-13H2,1-2H3. The third-order valence-electron chi connectivity index (χ3n) is 4.53. The SMILES string of the molecule is CCc1ccc(-c2ccc(C(=O)N3CCC(CNC)C3)o2)cc1. The molecule has 4 nitrogen and oxygen atoms in total. The first-order chi connectivity index (χ1) is 11.2. The van der Waals surface area contributed by atoms with Crippen molar-refractivity contribution in [3.8, 4) is 11.3 Å². The summed E-state index contributed by atoms with van der Waals surface area (Å²) >= 11 is 0. The van der Waals surface area contributed by atoms with Gasteiger partial charge in [-0.2, -0.15) is 0 Å². The van der Waals surface area contributed by atoms with Gasteiger partial charge in [0, 0.05) is 18.7 Å². The second kappa shape index (κ2) is 7.01. The zero-order valence-corrected chi connectivity index (χ0v) is 13.8. The van der Waals surface area contributed by atoms with Crippen LogP contribution in [0.25, 0.3) is 11.3 Å². The highest BCUT2D eigenvalue weighted by Gasteiger charge is 2.28. The molecule has 23 heavy (non-hydrogen) atoms. The first-order valence-electron chi connectivity index (χ1n) is 8.34. The second-order valence-corrected chi connectivity index (χ2v) is 6.18. The Balaban J connectivity index is 1.70. The van der Waals surface area contributed by atoms with Crippen LogP contribution in [-0.4, -0.2) is 37.5 Å². The maximum atomic E-state index is 12.6. The number of carbonyl (C=O) groups is 1. The van der Waals surface area contributed by atoms with E-state index in [-0.39, 0.29) is 5.91 Å². The number of aryl methyl sites for hydroxylation is 1. The molecule has 1 amide bonds. The van der Waals surface area contributed by atoms with Crippen molar-refractivity contribution in [2.75, 3.05) is 26.7 Å². The molecular formula is C19H24N2O2. The van der Waals surface area contributed by atoms with Crippen molar-refractivity contribution in [3.05, 3.63) is 47.7 Å². The molecule has 0 saturated carbocycles. The van der Waals surface area contributed by atoms with Crippen LogP contribution in [-0.2, 0) is 6.42 Å². The van der Waals surface area contributed by atoms with Gasteiger partial charge in [-0.25, -0.2) is 0 Å². The molecule has 1 fully saturated rings. The summed E-state index contributed by atoms with van der Waals surface area (Å²) in [5.41, 5.74) is 2.31. The van der Waals surface area contributed by atoms with E-state index >= 15 is 0 Å². The number of carbonyl (C=O) groups excluding carboxylic acids is 1. The summed E-state index contributed by atoms with van der Waals surface area (Å²) in [6.07, 6.45) is 2.07. The van der Waals surface area contributed by atoms with E-state index in [4.69, 9.17) is 4.42 Å². The number of amides is 1. The number of hydrogen-bond acceptors (Lipinski definition) is 3. The Morgan fingerprint density at radius 2 is 2.04 bits per heavy atom. The van der Waals surface area contributed by atoms with E-state index in [2.05, 4.69) is 24.4 Å². The Labute approximate surface area is 137 Å². The van der Waals surface area contributed by atoms with E-state index in [0.717, 1.165) is 43.8 Å². The van der Waals surface area contributed by atoms with Gasteiger partial charge in [0.1, 0.15) is 5.76 Å². The van der Waals surface area contributed by atoms with Crippen molar-refractivity contribution >= 4 is 5.91 Å². The number of hydrogen-bond donors (Lipinski definition) is 1. The topological polar surface area (TPSA) is 45.5 Å². The molecule has 1 aliphatic heterocycles. The van der Waals surface area contributed by atoms with Crippen LogP contribution >= 0.6 is 0 Å². The fourth-order valence-corrected chi connectivity index (χ4v) is 3.14. The van der Waals surface area contributed by atoms with Gasteiger partial charge in [0.05, 0.1) is 0 Å². The summed E-state index contributed by atoms with van der Waals surface area (Å²) in [5, 5.41) is 3.18. The van der Waals surface area contributed by atoms with Crippen LogP contribution in [0.5, 0.6) is 0 Å². The van der Waals surface area contributed by atoms with Gasteiger partial charge in [-0.3, -0.25) is 4.79 Å². The molecular weight excluding hydrogens is 288 g/mol. The third-order valence-corrected chi connectivity index (χ3v) is 4.53. The van der Waals surface area contributed by atoms with Gasteiger partial charge < -0.3 is 14.6 Å². The highest BCUT2D eigenvalue weighted by molar-refractivity contribution is 5.92. The zero-order valence-electron chi connectivity index (χ0n) is 13.8.